The number of H-pyrrole nitrogens is 1. The molecule has 0 radical (unpaired) electrons. The molecular formula is C20H20N4O2S. The Kier molecular flexibility index (Phi) is 4.87. The van der Waals surface area contributed by atoms with Crippen LogP contribution >= 0.6 is 12.2 Å². The molecule has 1 aliphatic carbocycles. The van der Waals surface area contributed by atoms with Crippen molar-refractivity contribution in [1.29, 1.82) is 0 Å². The summed E-state index contributed by atoms with van der Waals surface area (Å²) in [5.74, 6) is 1.15. The number of aryl methyl sites for hydroxylation is 1. The molecule has 0 amide bonds. The monoisotopic (exact) mass is 380 g/mol. The summed E-state index contributed by atoms with van der Waals surface area (Å²) in [7, 11) is 1.62. The van der Waals surface area contributed by atoms with Crippen LogP contribution in [0.25, 0.3) is 11.4 Å². The number of fused-ring (bicyclic) bond motifs is 1. The van der Waals surface area contributed by atoms with Crippen LogP contribution in [-0.4, -0.2) is 39.4 Å². The molecule has 6 nitrogen and oxygen atoms in total. The first kappa shape index (κ1) is 17.6. The number of aromatic nitrogens is 3. The lowest BCUT2D eigenvalue weighted by molar-refractivity contribution is 0.149. The van der Waals surface area contributed by atoms with E-state index in [1.165, 1.54) is 5.56 Å². The Morgan fingerprint density at radius 3 is 3.00 bits per heavy atom. The molecule has 2 aromatic carbocycles. The third-order valence-electron chi connectivity index (χ3n) is 4.86. The molecule has 1 aromatic heterocycles. The lowest BCUT2D eigenvalue weighted by Crippen LogP contribution is -2.26. The number of ether oxygens (including phenoxy) is 1. The fraction of sp³-hybridized carbons (Fsp3) is 0.250. The van der Waals surface area contributed by atoms with E-state index in [0.717, 1.165) is 23.3 Å². The van der Waals surface area contributed by atoms with E-state index >= 15 is 0 Å². The van der Waals surface area contributed by atoms with Crippen LogP contribution in [0.5, 0.6) is 5.75 Å². The topological polar surface area (TPSA) is 75.4 Å². The van der Waals surface area contributed by atoms with E-state index in [1.54, 1.807) is 18.0 Å². The Hall–Kier alpha value is -2.77. The number of hydrogen-bond donors (Lipinski definition) is 2. The molecule has 1 aliphatic rings. The van der Waals surface area contributed by atoms with E-state index in [-0.39, 0.29) is 5.92 Å². The summed E-state index contributed by atoms with van der Waals surface area (Å²) >= 11 is 5.35. The van der Waals surface area contributed by atoms with Crippen molar-refractivity contribution in [2.24, 2.45) is 5.10 Å². The van der Waals surface area contributed by atoms with Crippen LogP contribution in [0.15, 0.2) is 53.6 Å². The van der Waals surface area contributed by atoms with Crippen LogP contribution in [0, 0.1) is 4.77 Å². The molecule has 0 saturated carbocycles. The lowest BCUT2D eigenvalue weighted by Gasteiger charge is -2.27. The quantitative estimate of drug-likeness (QED) is 0.536. The normalized spacial score (nSPS) is 19.2. The summed E-state index contributed by atoms with van der Waals surface area (Å²) in [6, 6.07) is 15.7. The molecule has 7 heteroatoms. The van der Waals surface area contributed by atoms with Crippen molar-refractivity contribution in [1.82, 2.24) is 14.9 Å². The van der Waals surface area contributed by atoms with Gasteiger partial charge in [-0.15, -0.1) is 0 Å². The van der Waals surface area contributed by atoms with Crippen LogP contribution in [0.3, 0.4) is 0 Å². The number of nitrogens with zero attached hydrogens (tertiary/aromatic N) is 3. The average Bonchev–Trinajstić information content (AvgIpc) is 3.08. The molecular weight excluding hydrogens is 360 g/mol. The van der Waals surface area contributed by atoms with E-state index in [2.05, 4.69) is 21.4 Å². The van der Waals surface area contributed by atoms with Crippen molar-refractivity contribution >= 4 is 18.4 Å². The van der Waals surface area contributed by atoms with E-state index in [0.29, 0.717) is 17.0 Å². The van der Waals surface area contributed by atoms with Gasteiger partial charge in [0.2, 0.25) is 4.77 Å². The minimum Gasteiger partial charge on any atom is -0.497 e. The Morgan fingerprint density at radius 1 is 1.30 bits per heavy atom. The van der Waals surface area contributed by atoms with Gasteiger partial charge in [-0.3, -0.25) is 0 Å². The van der Waals surface area contributed by atoms with Crippen LogP contribution in [-0.2, 0) is 6.42 Å². The standard InChI is InChI=1S/C20H20N4O2S/c1-26-15-7-4-6-14(11-15)19-22-23-20(27)24(19)21-12-17-16-8-3-2-5-13(16)9-10-18(17)25/h2-8,11-12,17-18,25H,9-10H2,1H3,(H,23,27)/b21-12-/t17-,18+/m0/s1. The highest BCUT2D eigenvalue weighted by atomic mass is 32.1. The first-order valence-corrected chi connectivity index (χ1v) is 9.20. The van der Waals surface area contributed by atoms with Gasteiger partial charge in [0.25, 0.3) is 0 Å². The minimum atomic E-state index is -0.468. The van der Waals surface area contributed by atoms with Gasteiger partial charge in [-0.2, -0.15) is 14.9 Å². The molecule has 0 saturated heterocycles. The number of rotatable bonds is 4. The maximum atomic E-state index is 10.5. The summed E-state index contributed by atoms with van der Waals surface area (Å²) < 4.78 is 7.26. The molecule has 0 unspecified atom stereocenters. The van der Waals surface area contributed by atoms with Gasteiger partial charge < -0.3 is 9.84 Å². The third-order valence-corrected chi connectivity index (χ3v) is 5.12. The highest BCUT2D eigenvalue weighted by Gasteiger charge is 2.26. The van der Waals surface area contributed by atoms with Crippen molar-refractivity contribution in [2.45, 2.75) is 24.9 Å². The van der Waals surface area contributed by atoms with E-state index in [1.807, 2.05) is 42.5 Å². The van der Waals surface area contributed by atoms with Crippen molar-refractivity contribution in [2.75, 3.05) is 7.11 Å². The van der Waals surface area contributed by atoms with Crippen molar-refractivity contribution in [3.63, 3.8) is 0 Å². The Bertz CT molecular complexity index is 1040. The van der Waals surface area contributed by atoms with Gasteiger partial charge in [0.15, 0.2) is 5.82 Å². The zero-order valence-corrected chi connectivity index (χ0v) is 15.7. The second-order valence-corrected chi connectivity index (χ2v) is 6.88. The van der Waals surface area contributed by atoms with Gasteiger partial charge in [0, 0.05) is 17.7 Å². The second-order valence-electron chi connectivity index (χ2n) is 6.49. The first-order valence-electron chi connectivity index (χ1n) is 8.79. The molecule has 0 fully saturated rings. The first-order chi connectivity index (χ1) is 13.2. The molecule has 3 aromatic rings. The van der Waals surface area contributed by atoms with Gasteiger partial charge in [0.1, 0.15) is 5.75 Å². The summed E-state index contributed by atoms with van der Waals surface area (Å²) in [5, 5.41) is 22.2. The number of aromatic amines is 1. The summed E-state index contributed by atoms with van der Waals surface area (Å²) in [4.78, 5) is 0. The Balaban J connectivity index is 1.71. The average molecular weight is 380 g/mol. The van der Waals surface area contributed by atoms with Gasteiger partial charge in [0.05, 0.1) is 13.2 Å². The number of aliphatic hydroxyl groups is 1. The highest BCUT2D eigenvalue weighted by Crippen LogP contribution is 2.31. The Morgan fingerprint density at radius 2 is 2.15 bits per heavy atom. The predicted octanol–water partition coefficient (Wildman–Crippen LogP) is 3.54. The number of aliphatic hydroxyl groups excluding tert-OH is 1. The molecule has 2 atom stereocenters. The van der Waals surface area contributed by atoms with Crippen molar-refractivity contribution in [3.05, 3.63) is 64.4 Å². The summed E-state index contributed by atoms with van der Waals surface area (Å²) in [6.45, 7) is 0. The van der Waals surface area contributed by atoms with Crippen LogP contribution in [0.4, 0.5) is 0 Å². The summed E-state index contributed by atoms with van der Waals surface area (Å²) in [5.41, 5.74) is 3.20. The van der Waals surface area contributed by atoms with Crippen LogP contribution in [0.1, 0.15) is 23.5 Å². The van der Waals surface area contributed by atoms with Gasteiger partial charge in [-0.25, -0.2) is 5.10 Å². The van der Waals surface area contributed by atoms with E-state index in [9.17, 15) is 5.11 Å². The molecule has 27 heavy (non-hydrogen) atoms. The molecule has 0 bridgehead atoms. The predicted molar refractivity (Wildman–Crippen MR) is 107 cm³/mol. The maximum Gasteiger partial charge on any atom is 0.216 e. The number of benzene rings is 2. The zero-order valence-electron chi connectivity index (χ0n) is 14.9. The molecule has 2 N–H and O–H groups in total. The molecule has 0 spiro atoms. The largest absolute Gasteiger partial charge is 0.497 e. The molecule has 138 valence electrons. The van der Waals surface area contributed by atoms with Crippen molar-refractivity contribution in [3.8, 4) is 17.1 Å². The number of hydrogen-bond acceptors (Lipinski definition) is 5. The SMILES string of the molecule is COc1cccc(-c2n[nH]c(=S)n2/N=C\[C@H]2c3ccccc3CC[C@H]2O)c1. The molecule has 1 heterocycles. The fourth-order valence-corrected chi connectivity index (χ4v) is 3.62. The van der Waals surface area contributed by atoms with Crippen LogP contribution < -0.4 is 4.74 Å². The van der Waals surface area contributed by atoms with Crippen molar-refractivity contribution < 1.29 is 9.84 Å². The highest BCUT2D eigenvalue weighted by molar-refractivity contribution is 7.71. The number of methoxy groups -OCH3 is 1. The fourth-order valence-electron chi connectivity index (χ4n) is 3.44. The smallest absolute Gasteiger partial charge is 0.216 e. The van der Waals surface area contributed by atoms with Gasteiger partial charge in [-0.1, -0.05) is 36.4 Å². The second kappa shape index (κ2) is 7.46. The molecule has 0 aliphatic heterocycles. The molecule has 4 rings (SSSR count). The van der Waals surface area contributed by atoms with Gasteiger partial charge >= 0.3 is 0 Å². The Labute approximate surface area is 162 Å². The third kappa shape index (κ3) is 3.43. The lowest BCUT2D eigenvalue weighted by atomic mass is 9.81. The minimum absolute atomic E-state index is 0.176. The van der Waals surface area contributed by atoms with Crippen LogP contribution in [0.2, 0.25) is 0 Å². The van der Waals surface area contributed by atoms with E-state index < -0.39 is 6.10 Å². The summed E-state index contributed by atoms with van der Waals surface area (Å²) in [6.07, 6.45) is 2.89. The van der Waals surface area contributed by atoms with Gasteiger partial charge in [-0.05, 0) is 48.3 Å². The number of nitrogens with one attached hydrogen (secondary N) is 1. The zero-order chi connectivity index (χ0) is 18.8. The van der Waals surface area contributed by atoms with E-state index in [4.69, 9.17) is 17.0 Å². The maximum absolute atomic E-state index is 10.5.